The maximum absolute atomic E-state index is 11.6. The first-order chi connectivity index (χ1) is 10.6. The number of rotatable bonds is 6. The number of pyridine rings is 1. The standard InChI is InChI=1S/C17H19NO3S/c1-3-21-17(20)12(2)22-15-8-6-13(7-9-15)16(19)14-5-4-10-18-11-14/h4-12,16,19H,3H2,1-2H3. The van der Waals surface area contributed by atoms with E-state index in [-0.39, 0.29) is 11.2 Å². The minimum Gasteiger partial charge on any atom is -0.465 e. The second kappa shape index (κ2) is 7.96. The Morgan fingerprint density at radius 1 is 1.27 bits per heavy atom. The highest BCUT2D eigenvalue weighted by molar-refractivity contribution is 8.00. The van der Waals surface area contributed by atoms with E-state index in [2.05, 4.69) is 4.98 Å². The number of aliphatic hydroxyl groups is 1. The smallest absolute Gasteiger partial charge is 0.319 e. The van der Waals surface area contributed by atoms with Gasteiger partial charge in [0.2, 0.25) is 0 Å². The zero-order chi connectivity index (χ0) is 15.9. The molecule has 1 N–H and O–H groups in total. The fraction of sp³-hybridized carbons (Fsp3) is 0.294. The number of nitrogens with zero attached hydrogens (tertiary/aromatic N) is 1. The van der Waals surface area contributed by atoms with Crippen LogP contribution < -0.4 is 0 Å². The van der Waals surface area contributed by atoms with E-state index in [9.17, 15) is 9.90 Å². The molecule has 22 heavy (non-hydrogen) atoms. The first-order valence-electron chi connectivity index (χ1n) is 7.13. The van der Waals surface area contributed by atoms with Crippen LogP contribution in [0.1, 0.15) is 31.1 Å². The van der Waals surface area contributed by atoms with Gasteiger partial charge >= 0.3 is 5.97 Å². The summed E-state index contributed by atoms with van der Waals surface area (Å²) in [4.78, 5) is 16.6. The van der Waals surface area contributed by atoms with Gasteiger partial charge in [-0.25, -0.2) is 0 Å². The lowest BCUT2D eigenvalue weighted by Gasteiger charge is -2.13. The third kappa shape index (κ3) is 4.32. The van der Waals surface area contributed by atoms with Gasteiger partial charge < -0.3 is 9.84 Å². The molecule has 2 atom stereocenters. The lowest BCUT2D eigenvalue weighted by atomic mass is 10.0. The van der Waals surface area contributed by atoms with Crippen molar-refractivity contribution >= 4 is 17.7 Å². The Bertz CT molecular complexity index is 601. The Morgan fingerprint density at radius 3 is 2.59 bits per heavy atom. The van der Waals surface area contributed by atoms with Crippen molar-refractivity contribution in [2.24, 2.45) is 0 Å². The highest BCUT2D eigenvalue weighted by atomic mass is 32.2. The predicted octanol–water partition coefficient (Wildman–Crippen LogP) is 3.21. The van der Waals surface area contributed by atoms with Crippen LogP contribution in [0.2, 0.25) is 0 Å². The van der Waals surface area contributed by atoms with E-state index < -0.39 is 6.10 Å². The molecular weight excluding hydrogens is 298 g/mol. The van der Waals surface area contributed by atoms with Crippen LogP contribution in [-0.2, 0) is 9.53 Å². The molecule has 4 nitrogen and oxygen atoms in total. The van der Waals surface area contributed by atoms with Gasteiger partial charge in [-0.3, -0.25) is 9.78 Å². The van der Waals surface area contributed by atoms with Crippen molar-refractivity contribution in [3.8, 4) is 0 Å². The number of carbonyl (C=O) groups is 1. The molecule has 0 spiro atoms. The molecule has 0 fully saturated rings. The molecule has 0 radical (unpaired) electrons. The molecule has 2 aromatic rings. The molecule has 0 amide bonds. The Morgan fingerprint density at radius 2 is 2.00 bits per heavy atom. The topological polar surface area (TPSA) is 59.4 Å². The number of benzene rings is 1. The van der Waals surface area contributed by atoms with Gasteiger partial charge in [0.05, 0.1) is 6.61 Å². The summed E-state index contributed by atoms with van der Waals surface area (Å²) in [6.07, 6.45) is 2.62. The van der Waals surface area contributed by atoms with E-state index in [0.717, 1.165) is 16.0 Å². The summed E-state index contributed by atoms with van der Waals surface area (Å²) in [5.74, 6) is -0.216. The van der Waals surface area contributed by atoms with Crippen LogP contribution in [0.25, 0.3) is 0 Å². The molecule has 2 unspecified atom stereocenters. The van der Waals surface area contributed by atoms with Gasteiger partial charge in [0.25, 0.3) is 0 Å². The van der Waals surface area contributed by atoms with E-state index in [4.69, 9.17) is 4.74 Å². The Hall–Kier alpha value is -1.85. The molecule has 2 rings (SSSR count). The number of aliphatic hydroxyl groups excluding tert-OH is 1. The van der Waals surface area contributed by atoms with Gasteiger partial charge in [0, 0.05) is 22.9 Å². The molecule has 0 saturated heterocycles. The highest BCUT2D eigenvalue weighted by Gasteiger charge is 2.16. The molecule has 1 aromatic carbocycles. The molecule has 0 aliphatic rings. The van der Waals surface area contributed by atoms with Crippen LogP contribution in [0.5, 0.6) is 0 Å². The first-order valence-corrected chi connectivity index (χ1v) is 8.01. The minimum absolute atomic E-state index is 0.216. The van der Waals surface area contributed by atoms with Crippen LogP contribution in [0.15, 0.2) is 53.7 Å². The van der Waals surface area contributed by atoms with Gasteiger partial charge in [0.15, 0.2) is 0 Å². The van der Waals surface area contributed by atoms with Crippen LogP contribution >= 0.6 is 11.8 Å². The molecule has 0 aliphatic heterocycles. The molecule has 1 heterocycles. The maximum atomic E-state index is 11.6. The molecule has 0 aliphatic carbocycles. The zero-order valence-electron chi connectivity index (χ0n) is 12.6. The Kier molecular flexibility index (Phi) is 5.98. The highest BCUT2D eigenvalue weighted by Crippen LogP contribution is 2.27. The third-order valence-corrected chi connectivity index (χ3v) is 4.22. The second-order valence-electron chi connectivity index (χ2n) is 4.77. The van der Waals surface area contributed by atoms with Gasteiger partial charge in [-0.15, -0.1) is 11.8 Å². The fourth-order valence-corrected chi connectivity index (χ4v) is 2.84. The number of hydrogen-bond acceptors (Lipinski definition) is 5. The summed E-state index contributed by atoms with van der Waals surface area (Å²) < 4.78 is 4.99. The number of aromatic nitrogens is 1. The Labute approximate surface area is 134 Å². The summed E-state index contributed by atoms with van der Waals surface area (Å²) in [5.41, 5.74) is 1.55. The number of thioether (sulfide) groups is 1. The molecule has 116 valence electrons. The van der Waals surface area contributed by atoms with Crippen LogP contribution in [0, 0.1) is 0 Å². The summed E-state index contributed by atoms with van der Waals surface area (Å²) in [6, 6.07) is 11.1. The zero-order valence-corrected chi connectivity index (χ0v) is 13.4. The van der Waals surface area contributed by atoms with E-state index in [0.29, 0.717) is 6.61 Å². The van der Waals surface area contributed by atoms with Gasteiger partial charge in [-0.05, 0) is 37.6 Å². The minimum atomic E-state index is -0.699. The van der Waals surface area contributed by atoms with Crippen molar-refractivity contribution in [1.29, 1.82) is 0 Å². The number of ether oxygens (including phenoxy) is 1. The summed E-state index contributed by atoms with van der Waals surface area (Å²) >= 11 is 1.44. The summed E-state index contributed by atoms with van der Waals surface area (Å²) in [7, 11) is 0. The van der Waals surface area contributed by atoms with Gasteiger partial charge in [0.1, 0.15) is 11.4 Å². The van der Waals surface area contributed by atoms with Crippen molar-refractivity contribution in [3.05, 3.63) is 59.9 Å². The van der Waals surface area contributed by atoms with E-state index in [1.165, 1.54) is 11.8 Å². The SMILES string of the molecule is CCOC(=O)C(C)Sc1ccc(C(O)c2cccnc2)cc1. The normalized spacial score (nSPS) is 13.4. The summed E-state index contributed by atoms with van der Waals surface area (Å²) in [6.45, 7) is 4.00. The molecular formula is C17H19NO3S. The Balaban J connectivity index is 2.03. The summed E-state index contributed by atoms with van der Waals surface area (Å²) in [5, 5.41) is 10.0. The number of esters is 1. The van der Waals surface area contributed by atoms with Crippen molar-refractivity contribution in [2.75, 3.05) is 6.61 Å². The number of hydrogen-bond donors (Lipinski definition) is 1. The molecule has 1 aromatic heterocycles. The van der Waals surface area contributed by atoms with Crippen molar-refractivity contribution < 1.29 is 14.6 Å². The third-order valence-electron chi connectivity index (χ3n) is 3.13. The number of carbonyl (C=O) groups excluding carboxylic acids is 1. The quantitative estimate of drug-likeness (QED) is 0.655. The lowest BCUT2D eigenvalue weighted by molar-refractivity contribution is -0.142. The fourth-order valence-electron chi connectivity index (χ4n) is 1.97. The lowest BCUT2D eigenvalue weighted by Crippen LogP contribution is -2.16. The van der Waals surface area contributed by atoms with Gasteiger partial charge in [-0.2, -0.15) is 0 Å². The van der Waals surface area contributed by atoms with Crippen molar-refractivity contribution in [3.63, 3.8) is 0 Å². The predicted molar refractivity (Wildman–Crippen MR) is 86.7 cm³/mol. The average molecular weight is 317 g/mol. The van der Waals surface area contributed by atoms with E-state index >= 15 is 0 Å². The van der Waals surface area contributed by atoms with Crippen LogP contribution in [0.3, 0.4) is 0 Å². The van der Waals surface area contributed by atoms with E-state index in [1.54, 1.807) is 25.4 Å². The first kappa shape index (κ1) is 16.5. The average Bonchev–Trinajstić information content (AvgIpc) is 2.56. The van der Waals surface area contributed by atoms with Crippen LogP contribution in [-0.4, -0.2) is 27.9 Å². The molecule has 0 bridgehead atoms. The van der Waals surface area contributed by atoms with Gasteiger partial charge in [-0.1, -0.05) is 18.2 Å². The van der Waals surface area contributed by atoms with Crippen molar-refractivity contribution in [2.45, 2.75) is 30.1 Å². The van der Waals surface area contributed by atoms with Crippen molar-refractivity contribution in [1.82, 2.24) is 4.98 Å². The largest absolute Gasteiger partial charge is 0.465 e. The maximum Gasteiger partial charge on any atom is 0.319 e. The molecule has 0 saturated carbocycles. The van der Waals surface area contributed by atoms with Crippen LogP contribution in [0.4, 0.5) is 0 Å². The second-order valence-corrected chi connectivity index (χ2v) is 6.18. The van der Waals surface area contributed by atoms with E-state index in [1.807, 2.05) is 37.3 Å². The molecule has 5 heteroatoms. The monoisotopic (exact) mass is 317 g/mol.